The number of aryl methyl sites for hydroxylation is 1. The largest absolute Gasteiger partial charge is 0.508 e. The number of hydrogen-bond donors (Lipinski definition) is 2. The Morgan fingerprint density at radius 3 is 2.93 bits per heavy atom. The fraction of sp³-hybridized carbons (Fsp3) is 0.500. The lowest BCUT2D eigenvalue weighted by atomic mass is 9.94. The molecule has 0 saturated carbocycles. The van der Waals surface area contributed by atoms with Crippen molar-refractivity contribution >= 4 is 0 Å². The van der Waals surface area contributed by atoms with Gasteiger partial charge in [-0.1, -0.05) is 12.5 Å². The van der Waals surface area contributed by atoms with Crippen molar-refractivity contribution in [2.75, 3.05) is 6.54 Å². The molecule has 2 heteroatoms. The SMILES string of the molecule is Cc1ccc(O)cc1[C@H]1CCCCN1. The Morgan fingerprint density at radius 2 is 2.21 bits per heavy atom. The highest BCUT2D eigenvalue weighted by Crippen LogP contribution is 2.27. The van der Waals surface area contributed by atoms with Crippen LogP contribution in [0.15, 0.2) is 18.2 Å². The molecule has 2 nitrogen and oxygen atoms in total. The second-order valence-corrected chi connectivity index (χ2v) is 4.04. The number of phenolic OH excluding ortho intramolecular Hbond substituents is 1. The average Bonchev–Trinajstić information content (AvgIpc) is 2.23. The zero-order valence-electron chi connectivity index (χ0n) is 8.59. The first-order valence-electron chi connectivity index (χ1n) is 5.30. The molecule has 2 rings (SSSR count). The highest BCUT2D eigenvalue weighted by molar-refractivity contribution is 5.36. The average molecular weight is 191 g/mol. The Balaban J connectivity index is 2.24. The van der Waals surface area contributed by atoms with E-state index in [-0.39, 0.29) is 0 Å². The monoisotopic (exact) mass is 191 g/mol. The summed E-state index contributed by atoms with van der Waals surface area (Å²) in [5, 5.41) is 12.9. The van der Waals surface area contributed by atoms with Crippen LogP contribution in [0, 0.1) is 6.92 Å². The fourth-order valence-electron chi connectivity index (χ4n) is 2.12. The smallest absolute Gasteiger partial charge is 0.115 e. The maximum atomic E-state index is 9.44. The molecular weight excluding hydrogens is 174 g/mol. The molecule has 2 N–H and O–H groups in total. The molecule has 1 aromatic carbocycles. The molecule has 1 saturated heterocycles. The summed E-state index contributed by atoms with van der Waals surface area (Å²) in [6.45, 7) is 3.20. The van der Waals surface area contributed by atoms with Crippen LogP contribution < -0.4 is 5.32 Å². The zero-order valence-corrected chi connectivity index (χ0v) is 8.59. The van der Waals surface area contributed by atoms with E-state index in [2.05, 4.69) is 12.2 Å². The third-order valence-electron chi connectivity index (χ3n) is 2.95. The molecule has 14 heavy (non-hydrogen) atoms. The van der Waals surface area contributed by atoms with E-state index in [0.717, 1.165) is 6.54 Å². The Hall–Kier alpha value is -1.02. The van der Waals surface area contributed by atoms with E-state index in [1.54, 1.807) is 6.07 Å². The third-order valence-corrected chi connectivity index (χ3v) is 2.95. The second kappa shape index (κ2) is 4.01. The second-order valence-electron chi connectivity index (χ2n) is 4.04. The van der Waals surface area contributed by atoms with Gasteiger partial charge in [-0.05, 0) is 49.6 Å². The molecule has 1 aliphatic heterocycles. The van der Waals surface area contributed by atoms with Crippen LogP contribution >= 0.6 is 0 Å². The number of rotatable bonds is 1. The maximum Gasteiger partial charge on any atom is 0.115 e. The number of hydrogen-bond acceptors (Lipinski definition) is 2. The first-order valence-corrected chi connectivity index (χ1v) is 5.30. The lowest BCUT2D eigenvalue weighted by Gasteiger charge is -2.25. The van der Waals surface area contributed by atoms with Crippen LogP contribution in [0.4, 0.5) is 0 Å². The van der Waals surface area contributed by atoms with Gasteiger partial charge in [0.05, 0.1) is 0 Å². The highest BCUT2D eigenvalue weighted by atomic mass is 16.3. The molecule has 0 spiro atoms. The molecular formula is C12H17NO. The van der Waals surface area contributed by atoms with E-state index in [4.69, 9.17) is 0 Å². The van der Waals surface area contributed by atoms with E-state index >= 15 is 0 Å². The summed E-state index contributed by atoms with van der Waals surface area (Å²) in [6.07, 6.45) is 3.74. The van der Waals surface area contributed by atoms with Crippen LogP contribution in [-0.2, 0) is 0 Å². The molecule has 0 unspecified atom stereocenters. The first kappa shape index (κ1) is 9.53. The van der Waals surface area contributed by atoms with Crippen molar-refractivity contribution in [2.45, 2.75) is 32.2 Å². The highest BCUT2D eigenvalue weighted by Gasteiger charge is 2.16. The maximum absolute atomic E-state index is 9.44. The van der Waals surface area contributed by atoms with Crippen molar-refractivity contribution in [3.63, 3.8) is 0 Å². The minimum Gasteiger partial charge on any atom is -0.508 e. The molecule has 0 aliphatic carbocycles. The molecule has 0 amide bonds. The molecule has 1 aliphatic rings. The summed E-state index contributed by atoms with van der Waals surface area (Å²) in [7, 11) is 0. The lowest BCUT2D eigenvalue weighted by molar-refractivity contribution is 0.408. The van der Waals surface area contributed by atoms with Crippen LogP contribution in [-0.4, -0.2) is 11.7 Å². The van der Waals surface area contributed by atoms with Gasteiger partial charge in [-0.25, -0.2) is 0 Å². The first-order chi connectivity index (χ1) is 6.77. The van der Waals surface area contributed by atoms with Gasteiger partial charge in [-0.15, -0.1) is 0 Å². The molecule has 1 heterocycles. The summed E-state index contributed by atoms with van der Waals surface area (Å²) >= 11 is 0. The minimum atomic E-state index is 0.373. The number of aromatic hydroxyl groups is 1. The van der Waals surface area contributed by atoms with Gasteiger partial charge in [0, 0.05) is 6.04 Å². The Labute approximate surface area is 85.0 Å². The third kappa shape index (κ3) is 1.90. The molecule has 0 aromatic heterocycles. The Morgan fingerprint density at radius 1 is 1.36 bits per heavy atom. The number of nitrogens with one attached hydrogen (secondary N) is 1. The quantitative estimate of drug-likeness (QED) is 0.715. The fourth-order valence-corrected chi connectivity index (χ4v) is 2.12. The molecule has 0 radical (unpaired) electrons. The van der Waals surface area contributed by atoms with Gasteiger partial charge in [0.25, 0.3) is 0 Å². The standard InChI is InChI=1S/C12H17NO/c1-9-5-6-10(14)8-11(9)12-4-2-3-7-13-12/h5-6,8,12-14H,2-4,7H2,1H3/t12-/m1/s1. The van der Waals surface area contributed by atoms with Crippen molar-refractivity contribution < 1.29 is 5.11 Å². The van der Waals surface area contributed by atoms with Crippen molar-refractivity contribution in [3.8, 4) is 5.75 Å². The van der Waals surface area contributed by atoms with Gasteiger partial charge in [-0.3, -0.25) is 0 Å². The Kier molecular flexibility index (Phi) is 2.73. The van der Waals surface area contributed by atoms with Crippen molar-refractivity contribution in [2.24, 2.45) is 0 Å². The van der Waals surface area contributed by atoms with Gasteiger partial charge in [0.15, 0.2) is 0 Å². The van der Waals surface area contributed by atoms with Crippen LogP contribution in [0.25, 0.3) is 0 Å². The molecule has 1 fully saturated rings. The zero-order chi connectivity index (χ0) is 9.97. The Bertz CT molecular complexity index is 316. The van der Waals surface area contributed by atoms with Gasteiger partial charge >= 0.3 is 0 Å². The summed E-state index contributed by atoms with van der Waals surface area (Å²) in [4.78, 5) is 0. The van der Waals surface area contributed by atoms with Crippen LogP contribution in [0.2, 0.25) is 0 Å². The number of phenols is 1. The molecule has 1 atom stereocenters. The molecule has 1 aromatic rings. The van der Waals surface area contributed by atoms with E-state index in [9.17, 15) is 5.11 Å². The van der Waals surface area contributed by atoms with Crippen LogP contribution in [0.5, 0.6) is 5.75 Å². The van der Waals surface area contributed by atoms with E-state index in [0.29, 0.717) is 11.8 Å². The van der Waals surface area contributed by atoms with Crippen LogP contribution in [0.1, 0.15) is 36.4 Å². The lowest BCUT2D eigenvalue weighted by Crippen LogP contribution is -2.27. The van der Waals surface area contributed by atoms with Crippen molar-refractivity contribution in [1.29, 1.82) is 0 Å². The molecule has 0 bridgehead atoms. The molecule has 76 valence electrons. The van der Waals surface area contributed by atoms with Gasteiger partial charge in [0.1, 0.15) is 5.75 Å². The summed E-state index contributed by atoms with van der Waals surface area (Å²) in [6, 6.07) is 6.07. The summed E-state index contributed by atoms with van der Waals surface area (Å²) in [5.41, 5.74) is 2.52. The van der Waals surface area contributed by atoms with Gasteiger partial charge in [-0.2, -0.15) is 0 Å². The summed E-state index contributed by atoms with van der Waals surface area (Å²) < 4.78 is 0. The van der Waals surface area contributed by atoms with Gasteiger partial charge < -0.3 is 10.4 Å². The predicted octanol–water partition coefficient (Wildman–Crippen LogP) is 2.52. The summed E-state index contributed by atoms with van der Waals surface area (Å²) in [5.74, 6) is 0.373. The minimum absolute atomic E-state index is 0.373. The van der Waals surface area contributed by atoms with Crippen molar-refractivity contribution in [1.82, 2.24) is 5.32 Å². The topological polar surface area (TPSA) is 32.3 Å². The van der Waals surface area contributed by atoms with Gasteiger partial charge in [0.2, 0.25) is 0 Å². The van der Waals surface area contributed by atoms with E-state index < -0.39 is 0 Å². The number of benzene rings is 1. The number of piperidine rings is 1. The van der Waals surface area contributed by atoms with E-state index in [1.807, 2.05) is 12.1 Å². The van der Waals surface area contributed by atoms with E-state index in [1.165, 1.54) is 30.4 Å². The van der Waals surface area contributed by atoms with Crippen molar-refractivity contribution in [3.05, 3.63) is 29.3 Å². The predicted molar refractivity (Wildman–Crippen MR) is 57.4 cm³/mol. The van der Waals surface area contributed by atoms with Crippen LogP contribution in [0.3, 0.4) is 0 Å². The normalized spacial score (nSPS) is 22.2.